The Kier molecular flexibility index (Phi) is 5.59. The number of amides is 1. The lowest BCUT2D eigenvalue weighted by molar-refractivity contribution is 0.0724. The number of carbonyl (C=O) groups excluding carboxylic acids is 1. The first kappa shape index (κ1) is 16.2. The Labute approximate surface area is 131 Å². The molecule has 0 bridgehead atoms. The van der Waals surface area contributed by atoms with Gasteiger partial charge < -0.3 is 10.0 Å². The van der Waals surface area contributed by atoms with Gasteiger partial charge in [0.05, 0.1) is 0 Å². The molecule has 0 saturated carbocycles. The maximum Gasteiger partial charge on any atom is 0.254 e. The molecule has 1 amide bonds. The molecule has 2 rings (SSSR count). The molecule has 1 fully saturated rings. The quantitative estimate of drug-likeness (QED) is 0.849. The Bertz CT molecular complexity index is 505. The number of nitrogens with zero attached hydrogens (tertiary/aromatic N) is 2. The minimum atomic E-state index is 0.0293. The van der Waals surface area contributed by atoms with Crippen molar-refractivity contribution in [2.45, 2.75) is 51.5 Å². The van der Waals surface area contributed by atoms with E-state index in [4.69, 9.17) is 16.7 Å². The largest absolute Gasteiger partial charge is 0.396 e. The average molecular weight is 311 g/mol. The molecule has 1 aromatic heterocycles. The third-order valence-corrected chi connectivity index (χ3v) is 4.18. The van der Waals surface area contributed by atoms with E-state index in [0.29, 0.717) is 10.7 Å². The number of aliphatic hydroxyl groups is 1. The van der Waals surface area contributed by atoms with Gasteiger partial charge in [0.1, 0.15) is 5.15 Å². The summed E-state index contributed by atoms with van der Waals surface area (Å²) in [6.45, 7) is 5.03. The Balaban J connectivity index is 2.19. The van der Waals surface area contributed by atoms with Crippen molar-refractivity contribution < 1.29 is 9.90 Å². The van der Waals surface area contributed by atoms with Crippen molar-refractivity contribution in [1.29, 1.82) is 0 Å². The highest BCUT2D eigenvalue weighted by Gasteiger charge is 2.29. The third-order valence-electron chi connectivity index (χ3n) is 3.99. The fraction of sp³-hybridized carbons (Fsp3) is 0.625. The van der Waals surface area contributed by atoms with Crippen molar-refractivity contribution in [1.82, 2.24) is 9.88 Å². The maximum absolute atomic E-state index is 12.7. The maximum atomic E-state index is 12.7. The summed E-state index contributed by atoms with van der Waals surface area (Å²) in [6, 6.07) is 3.73. The van der Waals surface area contributed by atoms with Crippen LogP contribution in [0.15, 0.2) is 12.1 Å². The molecular formula is C16H23ClN2O2. The van der Waals surface area contributed by atoms with Crippen LogP contribution in [0.5, 0.6) is 0 Å². The molecule has 0 spiro atoms. The van der Waals surface area contributed by atoms with E-state index in [-0.39, 0.29) is 24.5 Å². The van der Waals surface area contributed by atoms with Crippen LogP contribution < -0.4 is 0 Å². The highest BCUT2D eigenvalue weighted by molar-refractivity contribution is 6.29. The second-order valence-electron chi connectivity index (χ2n) is 5.92. The zero-order valence-corrected chi connectivity index (χ0v) is 13.4. The molecule has 1 unspecified atom stereocenters. The lowest BCUT2D eigenvalue weighted by Gasteiger charge is -2.25. The fourth-order valence-electron chi connectivity index (χ4n) is 2.83. The van der Waals surface area contributed by atoms with E-state index in [1.807, 2.05) is 24.8 Å². The second kappa shape index (κ2) is 7.23. The van der Waals surface area contributed by atoms with Crippen molar-refractivity contribution in [2.75, 3.05) is 13.2 Å². The normalized spacial score (nSPS) is 18.5. The highest BCUT2D eigenvalue weighted by atomic mass is 35.5. The lowest BCUT2D eigenvalue weighted by atomic mass is 10.1. The van der Waals surface area contributed by atoms with Gasteiger partial charge in [-0.1, -0.05) is 25.4 Å². The topological polar surface area (TPSA) is 53.4 Å². The molecule has 5 heteroatoms. The summed E-state index contributed by atoms with van der Waals surface area (Å²) >= 11 is 6.05. The van der Waals surface area contributed by atoms with Crippen LogP contribution >= 0.6 is 11.6 Å². The molecule has 1 aromatic rings. The van der Waals surface area contributed by atoms with Crippen LogP contribution in [0.3, 0.4) is 0 Å². The predicted molar refractivity (Wildman–Crippen MR) is 83.7 cm³/mol. The summed E-state index contributed by atoms with van der Waals surface area (Å²) in [5.74, 6) is 0.264. The van der Waals surface area contributed by atoms with Gasteiger partial charge in [-0.3, -0.25) is 4.79 Å². The average Bonchev–Trinajstić information content (AvgIpc) is 2.91. The molecule has 0 aromatic carbocycles. The number of hydrogen-bond acceptors (Lipinski definition) is 3. The van der Waals surface area contributed by atoms with Crippen LogP contribution in [-0.2, 0) is 0 Å². The summed E-state index contributed by atoms with van der Waals surface area (Å²) in [5.41, 5.74) is 1.46. The third kappa shape index (κ3) is 3.95. The van der Waals surface area contributed by atoms with E-state index >= 15 is 0 Å². The zero-order valence-electron chi connectivity index (χ0n) is 12.7. The smallest absolute Gasteiger partial charge is 0.254 e. The first-order valence-electron chi connectivity index (χ1n) is 7.62. The molecule has 1 atom stereocenters. The van der Waals surface area contributed by atoms with Gasteiger partial charge in [0.2, 0.25) is 0 Å². The van der Waals surface area contributed by atoms with Gasteiger partial charge in [-0.15, -0.1) is 0 Å². The standard InChI is InChI=1S/C16H23ClN2O2/c1-11(2)14-9-12(10-15(17)18-14)16(21)19-7-3-5-13(19)6-4-8-20/h9-11,13,20H,3-8H2,1-2H3. The van der Waals surface area contributed by atoms with Crippen molar-refractivity contribution in [2.24, 2.45) is 0 Å². The fourth-order valence-corrected chi connectivity index (χ4v) is 3.05. The molecule has 0 aliphatic carbocycles. The number of carbonyl (C=O) groups is 1. The van der Waals surface area contributed by atoms with E-state index in [0.717, 1.165) is 37.9 Å². The summed E-state index contributed by atoms with van der Waals surface area (Å²) in [6.07, 6.45) is 3.64. The number of pyridine rings is 1. The van der Waals surface area contributed by atoms with E-state index in [1.54, 1.807) is 6.07 Å². The Morgan fingerprint density at radius 2 is 2.29 bits per heavy atom. The van der Waals surface area contributed by atoms with E-state index in [2.05, 4.69) is 4.98 Å². The predicted octanol–water partition coefficient (Wildman–Crippen LogP) is 3.24. The van der Waals surface area contributed by atoms with E-state index < -0.39 is 0 Å². The first-order valence-corrected chi connectivity index (χ1v) is 8.00. The highest BCUT2D eigenvalue weighted by Crippen LogP contribution is 2.25. The van der Waals surface area contributed by atoms with E-state index in [1.165, 1.54) is 0 Å². The molecule has 1 aliphatic heterocycles. The van der Waals surface area contributed by atoms with Crippen molar-refractivity contribution in [3.63, 3.8) is 0 Å². The van der Waals surface area contributed by atoms with Crippen LogP contribution in [-0.4, -0.2) is 40.1 Å². The monoisotopic (exact) mass is 310 g/mol. The van der Waals surface area contributed by atoms with Crippen LogP contribution in [0.25, 0.3) is 0 Å². The first-order chi connectivity index (χ1) is 10.0. The minimum Gasteiger partial charge on any atom is -0.396 e. The molecule has 1 N–H and O–H groups in total. The minimum absolute atomic E-state index is 0.0293. The zero-order chi connectivity index (χ0) is 15.4. The molecule has 2 heterocycles. The van der Waals surface area contributed by atoms with Gasteiger partial charge in [0.25, 0.3) is 5.91 Å². The Morgan fingerprint density at radius 1 is 1.52 bits per heavy atom. The van der Waals surface area contributed by atoms with Gasteiger partial charge in [-0.25, -0.2) is 4.98 Å². The molecule has 4 nitrogen and oxygen atoms in total. The number of hydrogen-bond donors (Lipinski definition) is 1. The number of aliphatic hydroxyl groups excluding tert-OH is 1. The van der Waals surface area contributed by atoms with E-state index in [9.17, 15) is 4.79 Å². The number of rotatable bonds is 5. The van der Waals surface area contributed by atoms with Gasteiger partial charge in [-0.2, -0.15) is 0 Å². The number of halogens is 1. The molecule has 1 aliphatic rings. The van der Waals surface area contributed by atoms with Crippen molar-refractivity contribution in [3.05, 3.63) is 28.5 Å². The molecular weight excluding hydrogens is 288 g/mol. The summed E-state index contributed by atoms with van der Waals surface area (Å²) < 4.78 is 0. The Morgan fingerprint density at radius 3 is 2.95 bits per heavy atom. The van der Waals surface area contributed by atoms with Crippen molar-refractivity contribution >= 4 is 17.5 Å². The van der Waals surface area contributed by atoms with Gasteiger partial charge in [0, 0.05) is 30.5 Å². The van der Waals surface area contributed by atoms with Crippen LogP contribution in [0.1, 0.15) is 61.5 Å². The Hall–Kier alpha value is -1.13. The molecule has 0 radical (unpaired) electrons. The van der Waals surface area contributed by atoms with Gasteiger partial charge >= 0.3 is 0 Å². The summed E-state index contributed by atoms with van der Waals surface area (Å²) in [4.78, 5) is 18.9. The molecule has 21 heavy (non-hydrogen) atoms. The van der Waals surface area contributed by atoms with Crippen molar-refractivity contribution in [3.8, 4) is 0 Å². The number of likely N-dealkylation sites (tertiary alicyclic amines) is 1. The number of aromatic nitrogens is 1. The summed E-state index contributed by atoms with van der Waals surface area (Å²) in [7, 11) is 0. The lowest BCUT2D eigenvalue weighted by Crippen LogP contribution is -2.35. The molecule has 116 valence electrons. The van der Waals surface area contributed by atoms with Gasteiger partial charge in [0.15, 0.2) is 0 Å². The van der Waals surface area contributed by atoms with Crippen LogP contribution in [0.2, 0.25) is 5.15 Å². The second-order valence-corrected chi connectivity index (χ2v) is 6.31. The van der Waals surface area contributed by atoms with Crippen LogP contribution in [0.4, 0.5) is 0 Å². The van der Waals surface area contributed by atoms with Crippen LogP contribution in [0, 0.1) is 0 Å². The SMILES string of the molecule is CC(C)c1cc(C(=O)N2CCCC2CCCO)cc(Cl)n1. The van der Waals surface area contributed by atoms with Gasteiger partial charge in [-0.05, 0) is 43.7 Å². The molecule has 1 saturated heterocycles. The summed E-state index contributed by atoms with van der Waals surface area (Å²) in [5, 5.41) is 9.34.